The Morgan fingerprint density at radius 3 is 2.87 bits per heavy atom. The lowest BCUT2D eigenvalue weighted by molar-refractivity contribution is -0.134. The van der Waals surface area contributed by atoms with Crippen LogP contribution in [-0.2, 0) is 17.8 Å². The second kappa shape index (κ2) is 9.01. The summed E-state index contributed by atoms with van der Waals surface area (Å²) in [6.45, 7) is 4.94. The summed E-state index contributed by atoms with van der Waals surface area (Å²) < 4.78 is 15.6. The van der Waals surface area contributed by atoms with Gasteiger partial charge in [0.2, 0.25) is 5.91 Å². The van der Waals surface area contributed by atoms with Crippen LogP contribution in [0.1, 0.15) is 46.3 Å². The SMILES string of the molecule is CCCC(NC(=O)c1cnn(-c2ccccc2F)c1C)C(=O)N1CCc2sccc2C1. The minimum atomic E-state index is -0.603. The number of benzene rings is 1. The van der Waals surface area contributed by atoms with Gasteiger partial charge in [0.25, 0.3) is 5.91 Å². The van der Waals surface area contributed by atoms with Crippen molar-refractivity contribution in [3.8, 4) is 5.69 Å². The van der Waals surface area contributed by atoms with Crippen molar-refractivity contribution in [2.24, 2.45) is 0 Å². The number of carbonyl (C=O) groups is 2. The maximum absolute atomic E-state index is 14.2. The molecule has 1 atom stereocenters. The fraction of sp³-hybridized carbons (Fsp3) is 0.348. The van der Waals surface area contributed by atoms with Crippen molar-refractivity contribution in [2.45, 2.75) is 45.7 Å². The van der Waals surface area contributed by atoms with Gasteiger partial charge in [-0.05, 0) is 48.9 Å². The molecule has 2 aromatic heterocycles. The van der Waals surface area contributed by atoms with E-state index in [9.17, 15) is 14.0 Å². The van der Waals surface area contributed by atoms with Crippen LogP contribution in [0.4, 0.5) is 4.39 Å². The summed E-state index contributed by atoms with van der Waals surface area (Å²) in [6.07, 6.45) is 3.59. The van der Waals surface area contributed by atoms with Crippen LogP contribution in [-0.4, -0.2) is 39.1 Å². The molecule has 0 fully saturated rings. The van der Waals surface area contributed by atoms with Gasteiger partial charge in [0.1, 0.15) is 17.5 Å². The van der Waals surface area contributed by atoms with Crippen molar-refractivity contribution in [2.75, 3.05) is 6.54 Å². The van der Waals surface area contributed by atoms with Gasteiger partial charge in [0.05, 0.1) is 17.5 Å². The summed E-state index contributed by atoms with van der Waals surface area (Å²) in [7, 11) is 0. The average Bonchev–Trinajstić information content (AvgIpc) is 3.39. The smallest absolute Gasteiger partial charge is 0.255 e. The molecule has 0 spiro atoms. The molecule has 3 heterocycles. The molecule has 0 bridgehead atoms. The van der Waals surface area contributed by atoms with E-state index in [0.29, 0.717) is 30.8 Å². The Balaban J connectivity index is 1.51. The van der Waals surface area contributed by atoms with Crippen LogP contribution in [0, 0.1) is 12.7 Å². The van der Waals surface area contributed by atoms with Crippen LogP contribution in [0.15, 0.2) is 41.9 Å². The highest BCUT2D eigenvalue weighted by atomic mass is 32.1. The molecule has 31 heavy (non-hydrogen) atoms. The number of para-hydroxylation sites is 1. The van der Waals surface area contributed by atoms with E-state index in [1.54, 1.807) is 36.5 Å². The van der Waals surface area contributed by atoms with Crippen molar-refractivity contribution in [3.63, 3.8) is 0 Å². The maximum atomic E-state index is 14.2. The quantitative estimate of drug-likeness (QED) is 0.633. The number of thiophene rings is 1. The van der Waals surface area contributed by atoms with Crippen LogP contribution in [0.3, 0.4) is 0 Å². The second-order valence-electron chi connectivity index (χ2n) is 7.70. The summed E-state index contributed by atoms with van der Waals surface area (Å²) in [5, 5.41) is 9.15. The monoisotopic (exact) mass is 440 g/mol. The fourth-order valence-corrected chi connectivity index (χ4v) is 4.83. The van der Waals surface area contributed by atoms with Crippen molar-refractivity contribution in [3.05, 3.63) is 69.4 Å². The van der Waals surface area contributed by atoms with E-state index in [1.165, 1.54) is 27.4 Å². The van der Waals surface area contributed by atoms with E-state index < -0.39 is 11.9 Å². The van der Waals surface area contributed by atoms with Crippen LogP contribution in [0.2, 0.25) is 0 Å². The highest BCUT2D eigenvalue weighted by Gasteiger charge is 2.29. The third-order valence-corrected chi connectivity index (χ3v) is 6.66. The number of amides is 2. The normalized spacial score (nSPS) is 14.2. The predicted octanol–water partition coefficient (Wildman–Crippen LogP) is 3.86. The minimum Gasteiger partial charge on any atom is -0.340 e. The Morgan fingerprint density at radius 1 is 1.29 bits per heavy atom. The van der Waals surface area contributed by atoms with E-state index in [2.05, 4.69) is 21.9 Å². The first-order valence-corrected chi connectivity index (χ1v) is 11.3. The molecule has 1 aromatic carbocycles. The average molecular weight is 441 g/mol. The van der Waals surface area contributed by atoms with Gasteiger partial charge in [-0.25, -0.2) is 9.07 Å². The van der Waals surface area contributed by atoms with Crippen molar-refractivity contribution < 1.29 is 14.0 Å². The van der Waals surface area contributed by atoms with Gasteiger partial charge in [-0.3, -0.25) is 9.59 Å². The molecule has 0 saturated carbocycles. The van der Waals surface area contributed by atoms with Crippen molar-refractivity contribution >= 4 is 23.2 Å². The molecule has 1 unspecified atom stereocenters. The molecular formula is C23H25FN4O2S. The van der Waals surface area contributed by atoms with Gasteiger partial charge in [-0.1, -0.05) is 25.5 Å². The third-order valence-electron chi connectivity index (χ3n) is 5.64. The van der Waals surface area contributed by atoms with Crippen LogP contribution >= 0.6 is 11.3 Å². The standard InChI is InChI=1S/C23H25FN4O2S/c1-3-6-19(23(30)27-11-9-21-16(14-27)10-12-31-21)26-22(29)17-13-25-28(15(17)2)20-8-5-4-7-18(20)24/h4-5,7-8,10,12-13,19H,3,6,9,11,14H2,1-2H3,(H,26,29). The van der Waals surface area contributed by atoms with Crippen molar-refractivity contribution in [1.82, 2.24) is 20.0 Å². The number of fused-ring (bicyclic) bond motifs is 1. The molecule has 162 valence electrons. The van der Waals surface area contributed by atoms with Gasteiger partial charge < -0.3 is 10.2 Å². The van der Waals surface area contributed by atoms with E-state index in [4.69, 9.17) is 0 Å². The van der Waals surface area contributed by atoms with Crippen LogP contribution in [0.25, 0.3) is 5.69 Å². The highest BCUT2D eigenvalue weighted by molar-refractivity contribution is 7.10. The summed E-state index contributed by atoms with van der Waals surface area (Å²) in [5.74, 6) is -0.857. The molecule has 8 heteroatoms. The molecule has 1 aliphatic heterocycles. The number of rotatable bonds is 6. The predicted molar refractivity (Wildman–Crippen MR) is 118 cm³/mol. The van der Waals surface area contributed by atoms with Crippen LogP contribution in [0.5, 0.6) is 0 Å². The van der Waals surface area contributed by atoms with E-state index in [1.807, 2.05) is 11.8 Å². The molecule has 2 amide bonds. The zero-order valence-corrected chi connectivity index (χ0v) is 18.4. The summed E-state index contributed by atoms with van der Waals surface area (Å²) in [6, 6.07) is 7.74. The largest absolute Gasteiger partial charge is 0.340 e. The van der Waals surface area contributed by atoms with Gasteiger partial charge in [0.15, 0.2) is 0 Å². The Bertz CT molecular complexity index is 1110. The molecule has 4 rings (SSSR count). The number of hydrogen-bond donors (Lipinski definition) is 1. The van der Waals surface area contributed by atoms with E-state index in [0.717, 1.165) is 12.8 Å². The molecule has 0 saturated heterocycles. The zero-order valence-electron chi connectivity index (χ0n) is 17.6. The van der Waals surface area contributed by atoms with Crippen LogP contribution < -0.4 is 5.32 Å². The summed E-state index contributed by atoms with van der Waals surface area (Å²) in [4.78, 5) is 29.3. The van der Waals surface area contributed by atoms with E-state index >= 15 is 0 Å². The summed E-state index contributed by atoms with van der Waals surface area (Å²) >= 11 is 1.73. The number of halogens is 1. The molecule has 1 aliphatic rings. The zero-order chi connectivity index (χ0) is 22.0. The molecule has 6 nitrogen and oxygen atoms in total. The topological polar surface area (TPSA) is 67.2 Å². The highest BCUT2D eigenvalue weighted by Crippen LogP contribution is 2.25. The third kappa shape index (κ3) is 4.25. The fourth-order valence-electron chi connectivity index (χ4n) is 3.94. The number of carbonyl (C=O) groups excluding carboxylic acids is 2. The Kier molecular flexibility index (Phi) is 6.18. The van der Waals surface area contributed by atoms with E-state index in [-0.39, 0.29) is 17.5 Å². The Labute approximate surface area is 184 Å². The second-order valence-corrected chi connectivity index (χ2v) is 8.70. The Hall–Kier alpha value is -3.00. The Morgan fingerprint density at radius 2 is 2.10 bits per heavy atom. The van der Waals surface area contributed by atoms with Gasteiger partial charge in [-0.2, -0.15) is 5.10 Å². The lowest BCUT2D eigenvalue weighted by atomic mass is 10.1. The number of hydrogen-bond acceptors (Lipinski definition) is 4. The molecule has 3 aromatic rings. The molecule has 0 aliphatic carbocycles. The van der Waals surface area contributed by atoms with Gasteiger partial charge >= 0.3 is 0 Å². The molecule has 1 N–H and O–H groups in total. The first-order valence-electron chi connectivity index (χ1n) is 10.4. The number of aromatic nitrogens is 2. The number of nitrogens with one attached hydrogen (secondary N) is 1. The molecule has 0 radical (unpaired) electrons. The molecular weight excluding hydrogens is 415 g/mol. The van der Waals surface area contributed by atoms with Gasteiger partial charge in [0, 0.05) is 18.0 Å². The lowest BCUT2D eigenvalue weighted by Gasteiger charge is -2.30. The number of nitrogens with zero attached hydrogens (tertiary/aromatic N) is 3. The maximum Gasteiger partial charge on any atom is 0.255 e. The lowest BCUT2D eigenvalue weighted by Crippen LogP contribution is -2.49. The first kappa shape index (κ1) is 21.2. The first-order chi connectivity index (χ1) is 15.0. The van der Waals surface area contributed by atoms with Crippen molar-refractivity contribution in [1.29, 1.82) is 0 Å². The van der Waals surface area contributed by atoms with Gasteiger partial charge in [-0.15, -0.1) is 11.3 Å². The summed E-state index contributed by atoms with van der Waals surface area (Å²) in [5.41, 5.74) is 2.32. The minimum absolute atomic E-state index is 0.0637.